The first-order valence-corrected chi connectivity index (χ1v) is 9.16. The molecular formula is C22H23N2O2+. The first-order chi connectivity index (χ1) is 12.7. The van der Waals surface area contributed by atoms with Crippen molar-refractivity contribution in [3.8, 4) is 0 Å². The van der Waals surface area contributed by atoms with Crippen LogP contribution in [0.25, 0.3) is 0 Å². The smallest absolute Gasteiger partial charge is 0.424 e. The van der Waals surface area contributed by atoms with Gasteiger partial charge >= 0.3 is 11.7 Å². The van der Waals surface area contributed by atoms with Crippen LogP contribution in [0.2, 0.25) is 0 Å². The number of fused-ring (bicyclic) bond motifs is 1. The normalized spacial score (nSPS) is 24.7. The summed E-state index contributed by atoms with van der Waals surface area (Å²) in [6.45, 7) is 5.41. The summed E-state index contributed by atoms with van der Waals surface area (Å²) >= 11 is 0. The molecule has 0 radical (unpaired) electrons. The van der Waals surface area contributed by atoms with Gasteiger partial charge in [-0.1, -0.05) is 59.6 Å². The molecule has 26 heavy (non-hydrogen) atoms. The quantitative estimate of drug-likeness (QED) is 0.485. The van der Waals surface area contributed by atoms with Gasteiger partial charge in [0.1, 0.15) is 0 Å². The molecule has 0 unspecified atom stereocenters. The van der Waals surface area contributed by atoms with Crippen LogP contribution >= 0.6 is 0 Å². The van der Waals surface area contributed by atoms with Gasteiger partial charge in [0.05, 0.1) is 11.6 Å². The molecule has 0 amide bonds. The Hall–Kier alpha value is -2.68. The molecule has 132 valence electrons. The van der Waals surface area contributed by atoms with Crippen molar-refractivity contribution in [2.24, 2.45) is 0 Å². The molecule has 2 saturated heterocycles. The molecule has 0 aliphatic carbocycles. The molecule has 2 aromatic carbocycles. The third kappa shape index (κ3) is 2.78. The number of benzene rings is 2. The van der Waals surface area contributed by atoms with Gasteiger partial charge in [-0.15, -0.1) is 0 Å². The molecule has 0 N–H and O–H groups in total. The highest BCUT2D eigenvalue weighted by atomic mass is 16.6. The number of nitrogens with zero attached hydrogens (tertiary/aromatic N) is 2. The lowest BCUT2D eigenvalue weighted by atomic mass is 9.73. The lowest BCUT2D eigenvalue weighted by molar-refractivity contribution is -0.205. The van der Waals surface area contributed by atoms with Gasteiger partial charge in [-0.3, -0.25) is 4.90 Å². The van der Waals surface area contributed by atoms with Crippen LogP contribution in [0.5, 0.6) is 0 Å². The SMILES string of the molecule is C=[N+]=C(C(=O)O[C@]1(c2ccccc2)CN2CCCC[C@@H]21)c1ccccc1. The Bertz CT molecular complexity index is 843. The zero-order chi connectivity index (χ0) is 18.0. The van der Waals surface area contributed by atoms with Gasteiger partial charge < -0.3 is 4.74 Å². The first-order valence-electron chi connectivity index (χ1n) is 9.16. The fraction of sp³-hybridized carbons (Fsp3) is 0.318. The minimum Gasteiger partial charge on any atom is -0.442 e. The van der Waals surface area contributed by atoms with E-state index in [0.717, 1.165) is 30.6 Å². The number of rotatable bonds is 4. The summed E-state index contributed by atoms with van der Waals surface area (Å²) in [5, 5.41) is 0. The number of ether oxygens (including phenoxy) is 1. The molecule has 2 aromatic rings. The standard InChI is InChI=1S/C22H23N2O2/c1-23-20(17-10-4-2-5-11-17)21(25)26-22(18-12-6-3-7-13-18)16-24-15-9-8-14-19(22)24/h2-7,10-13,19H,1,8-9,14-16H2/q+1/t19-,22+/m1/s1. The highest BCUT2D eigenvalue weighted by Gasteiger charge is 2.58. The van der Waals surface area contributed by atoms with E-state index in [9.17, 15) is 4.79 Å². The number of hydrogen-bond donors (Lipinski definition) is 0. The van der Waals surface area contributed by atoms with Gasteiger partial charge in [-0.05, 0) is 37.1 Å². The minimum atomic E-state index is -0.594. The molecule has 0 bridgehead atoms. The van der Waals surface area contributed by atoms with Crippen LogP contribution < -0.4 is 4.67 Å². The van der Waals surface area contributed by atoms with Crippen molar-refractivity contribution in [1.29, 1.82) is 0 Å². The Balaban J connectivity index is 1.66. The van der Waals surface area contributed by atoms with Crippen LogP contribution in [0.15, 0.2) is 60.7 Å². The van der Waals surface area contributed by atoms with Crippen molar-refractivity contribution in [3.05, 3.63) is 71.8 Å². The van der Waals surface area contributed by atoms with Crippen LogP contribution in [-0.4, -0.2) is 42.4 Å². The molecule has 0 spiro atoms. The van der Waals surface area contributed by atoms with E-state index in [1.165, 1.54) is 12.8 Å². The fourth-order valence-corrected chi connectivity index (χ4v) is 4.25. The molecule has 4 rings (SSSR count). The zero-order valence-corrected chi connectivity index (χ0v) is 14.8. The van der Waals surface area contributed by atoms with Gasteiger partial charge in [0.2, 0.25) is 0 Å². The fourth-order valence-electron chi connectivity index (χ4n) is 4.25. The van der Waals surface area contributed by atoms with E-state index < -0.39 is 11.6 Å². The summed E-state index contributed by atoms with van der Waals surface area (Å²) < 4.78 is 10.2. The molecule has 4 heteroatoms. The Morgan fingerprint density at radius 3 is 2.42 bits per heavy atom. The van der Waals surface area contributed by atoms with Crippen LogP contribution in [0.4, 0.5) is 0 Å². The zero-order valence-electron chi connectivity index (χ0n) is 14.8. The Kier molecular flexibility index (Phi) is 4.46. The minimum absolute atomic E-state index is 0.240. The molecule has 4 nitrogen and oxygen atoms in total. The second-order valence-corrected chi connectivity index (χ2v) is 7.00. The summed E-state index contributed by atoms with van der Waals surface area (Å²) in [4.78, 5) is 15.4. The number of carbonyl (C=O) groups is 1. The highest BCUT2D eigenvalue weighted by molar-refractivity contribution is 6.43. The molecule has 2 aliphatic heterocycles. The highest BCUT2D eigenvalue weighted by Crippen LogP contribution is 2.46. The molecule has 2 heterocycles. The van der Waals surface area contributed by atoms with E-state index in [0.29, 0.717) is 0 Å². The van der Waals surface area contributed by atoms with Crippen LogP contribution in [0, 0.1) is 0 Å². The average molecular weight is 347 g/mol. The molecule has 2 aliphatic rings. The first kappa shape index (κ1) is 16.8. The van der Waals surface area contributed by atoms with Crippen molar-refractivity contribution in [2.75, 3.05) is 13.1 Å². The lowest BCUT2D eigenvalue weighted by Gasteiger charge is -2.58. The van der Waals surface area contributed by atoms with Gasteiger partial charge in [0, 0.05) is 6.54 Å². The number of hydrogen-bond acceptors (Lipinski definition) is 3. The van der Waals surface area contributed by atoms with Gasteiger partial charge in [-0.25, -0.2) is 4.79 Å². The largest absolute Gasteiger partial charge is 0.442 e. The van der Waals surface area contributed by atoms with Gasteiger partial charge in [0.15, 0.2) is 5.60 Å². The second kappa shape index (κ2) is 6.91. The Morgan fingerprint density at radius 1 is 1.08 bits per heavy atom. The molecule has 2 atom stereocenters. The number of esters is 1. The molecule has 0 saturated carbocycles. The summed E-state index contributed by atoms with van der Waals surface area (Å²) in [6, 6.07) is 19.7. The summed E-state index contributed by atoms with van der Waals surface area (Å²) in [6.07, 6.45) is 3.43. The second-order valence-electron chi connectivity index (χ2n) is 7.00. The number of carbonyl (C=O) groups excluding carboxylic acids is 1. The monoisotopic (exact) mass is 347 g/mol. The summed E-state index contributed by atoms with van der Waals surface area (Å²) in [7, 11) is 0. The predicted octanol–water partition coefficient (Wildman–Crippen LogP) is 2.55. The maximum Gasteiger partial charge on any atom is 0.424 e. The maximum atomic E-state index is 13.0. The Labute approximate surface area is 153 Å². The van der Waals surface area contributed by atoms with Crippen molar-refractivity contribution in [3.63, 3.8) is 0 Å². The van der Waals surface area contributed by atoms with Crippen molar-refractivity contribution in [1.82, 2.24) is 9.57 Å². The topological polar surface area (TPSA) is 43.6 Å². The maximum absolute atomic E-state index is 13.0. The van der Waals surface area contributed by atoms with E-state index >= 15 is 0 Å². The van der Waals surface area contributed by atoms with E-state index in [4.69, 9.17) is 4.74 Å². The van der Waals surface area contributed by atoms with E-state index in [1.54, 1.807) is 0 Å². The van der Waals surface area contributed by atoms with E-state index in [-0.39, 0.29) is 11.8 Å². The van der Waals surface area contributed by atoms with Crippen LogP contribution in [-0.2, 0) is 15.1 Å². The van der Waals surface area contributed by atoms with Crippen LogP contribution in [0.1, 0.15) is 30.4 Å². The van der Waals surface area contributed by atoms with Gasteiger partial charge in [-0.2, -0.15) is 0 Å². The van der Waals surface area contributed by atoms with Crippen molar-refractivity contribution in [2.45, 2.75) is 30.9 Å². The van der Waals surface area contributed by atoms with Crippen LogP contribution in [0.3, 0.4) is 0 Å². The average Bonchev–Trinajstić information content (AvgIpc) is 2.68. The molecular weight excluding hydrogens is 324 g/mol. The van der Waals surface area contributed by atoms with E-state index in [2.05, 4.69) is 28.4 Å². The molecule has 2 fully saturated rings. The van der Waals surface area contributed by atoms with Gasteiger partial charge in [0.25, 0.3) is 6.72 Å². The number of piperidine rings is 1. The predicted molar refractivity (Wildman–Crippen MR) is 103 cm³/mol. The third-order valence-electron chi connectivity index (χ3n) is 5.53. The third-order valence-corrected chi connectivity index (χ3v) is 5.53. The van der Waals surface area contributed by atoms with Crippen molar-refractivity contribution < 1.29 is 9.53 Å². The lowest BCUT2D eigenvalue weighted by Crippen LogP contribution is -2.70. The van der Waals surface area contributed by atoms with Crippen molar-refractivity contribution >= 4 is 18.4 Å². The summed E-state index contributed by atoms with van der Waals surface area (Å²) in [5.41, 5.74) is 1.47. The Morgan fingerprint density at radius 2 is 1.77 bits per heavy atom. The summed E-state index contributed by atoms with van der Waals surface area (Å²) in [5.74, 6) is -0.403. The molecule has 0 aromatic heterocycles. The van der Waals surface area contributed by atoms with E-state index in [1.807, 2.05) is 48.5 Å².